The van der Waals surface area contributed by atoms with Gasteiger partial charge in [-0.05, 0) is 12.8 Å². The third kappa shape index (κ3) is 2.96. The number of aliphatic carboxylic acids is 1. The molecule has 1 aliphatic carbocycles. The number of carboxylic acids is 1. The van der Waals surface area contributed by atoms with E-state index in [1.54, 1.807) is 0 Å². The summed E-state index contributed by atoms with van der Waals surface area (Å²) in [7, 11) is 0. The molecule has 1 aromatic heterocycles. The lowest BCUT2D eigenvalue weighted by molar-refractivity contribution is -0.143. The molecule has 8 heteroatoms. The number of nitrogens with zero attached hydrogens (tertiary/aromatic N) is 2. The minimum atomic E-state index is -0.852. The van der Waals surface area contributed by atoms with Crippen molar-refractivity contribution in [1.82, 2.24) is 20.8 Å². The van der Waals surface area contributed by atoms with Gasteiger partial charge in [0.1, 0.15) is 0 Å². The van der Waals surface area contributed by atoms with E-state index >= 15 is 0 Å². The topological polar surface area (TPSA) is 117 Å². The van der Waals surface area contributed by atoms with Crippen LogP contribution in [0.15, 0.2) is 10.9 Å². The maximum absolute atomic E-state index is 11.4. The predicted octanol–water partition coefficient (Wildman–Crippen LogP) is -0.224. The van der Waals surface area contributed by atoms with Crippen molar-refractivity contribution in [2.45, 2.75) is 19.3 Å². The molecule has 0 radical (unpaired) electrons. The maximum Gasteiger partial charge on any atom is 0.314 e. The van der Waals surface area contributed by atoms with Gasteiger partial charge in [-0.3, -0.25) is 4.79 Å². The summed E-state index contributed by atoms with van der Waals surface area (Å²) in [4.78, 5) is 26.1. The number of carboxylic acid groups (broad SMARTS) is 1. The number of carbonyl (C=O) groups excluding carboxylic acids is 1. The summed E-state index contributed by atoms with van der Waals surface area (Å²) in [5, 5.41) is 17.7. The second-order valence-electron chi connectivity index (χ2n) is 4.29. The summed E-state index contributed by atoms with van der Waals surface area (Å²) in [6.45, 7) is 0.530. The van der Waals surface area contributed by atoms with Crippen molar-refractivity contribution in [2.24, 2.45) is 5.41 Å². The van der Waals surface area contributed by atoms with Crippen LogP contribution in [0.5, 0.6) is 0 Å². The molecule has 0 unspecified atom stereocenters. The fraction of sp³-hybridized carbons (Fsp3) is 0.600. The third-order valence-electron chi connectivity index (χ3n) is 2.94. The maximum atomic E-state index is 11.4. The molecule has 0 bridgehead atoms. The summed E-state index contributed by atoms with van der Waals surface area (Å²) in [6, 6.07) is -0.383. The van der Waals surface area contributed by atoms with Crippen LogP contribution in [-0.4, -0.2) is 40.3 Å². The quantitative estimate of drug-likeness (QED) is 0.645. The van der Waals surface area contributed by atoms with Gasteiger partial charge in [0, 0.05) is 19.5 Å². The van der Waals surface area contributed by atoms with Crippen LogP contribution in [0, 0.1) is 5.41 Å². The summed E-state index contributed by atoms with van der Waals surface area (Å²) in [5.74, 6) is -0.339. The molecule has 1 heterocycles. The summed E-state index contributed by atoms with van der Waals surface area (Å²) in [6.07, 6.45) is 2.92. The lowest BCUT2D eigenvalue weighted by Crippen LogP contribution is -2.41. The Kier molecular flexibility index (Phi) is 3.45. The molecule has 1 aromatic rings. The molecule has 98 valence electrons. The van der Waals surface area contributed by atoms with Crippen LogP contribution < -0.4 is 10.6 Å². The van der Waals surface area contributed by atoms with Crippen molar-refractivity contribution in [2.75, 3.05) is 13.1 Å². The van der Waals surface area contributed by atoms with Crippen molar-refractivity contribution in [3.05, 3.63) is 12.2 Å². The molecule has 2 amide bonds. The van der Waals surface area contributed by atoms with Crippen molar-refractivity contribution in [3.63, 3.8) is 0 Å². The van der Waals surface area contributed by atoms with Crippen LogP contribution in [0.4, 0.5) is 4.79 Å². The smallest absolute Gasteiger partial charge is 0.314 e. The zero-order valence-electron chi connectivity index (χ0n) is 9.68. The highest BCUT2D eigenvalue weighted by Gasteiger charge is 2.50. The number of hydrogen-bond acceptors (Lipinski definition) is 5. The highest BCUT2D eigenvalue weighted by molar-refractivity contribution is 5.80. The van der Waals surface area contributed by atoms with Crippen LogP contribution in [0.1, 0.15) is 18.7 Å². The van der Waals surface area contributed by atoms with Gasteiger partial charge in [-0.25, -0.2) is 4.79 Å². The Morgan fingerprint density at radius 1 is 1.44 bits per heavy atom. The van der Waals surface area contributed by atoms with E-state index in [2.05, 4.69) is 25.3 Å². The number of carbonyl (C=O) groups is 2. The van der Waals surface area contributed by atoms with Crippen molar-refractivity contribution >= 4 is 12.0 Å². The zero-order chi connectivity index (χ0) is 13.0. The van der Waals surface area contributed by atoms with Gasteiger partial charge in [-0.15, -0.1) is 0 Å². The van der Waals surface area contributed by atoms with E-state index in [4.69, 9.17) is 5.11 Å². The molecule has 0 saturated heterocycles. The molecule has 0 aromatic carbocycles. The molecule has 1 saturated carbocycles. The largest absolute Gasteiger partial charge is 0.481 e. The van der Waals surface area contributed by atoms with Gasteiger partial charge in [0.05, 0.1) is 5.41 Å². The first-order valence-corrected chi connectivity index (χ1v) is 5.63. The fourth-order valence-corrected chi connectivity index (χ4v) is 1.52. The third-order valence-corrected chi connectivity index (χ3v) is 2.94. The average Bonchev–Trinajstić information content (AvgIpc) is 2.97. The molecular weight excluding hydrogens is 240 g/mol. The van der Waals surface area contributed by atoms with E-state index in [0.29, 0.717) is 31.6 Å². The average molecular weight is 254 g/mol. The van der Waals surface area contributed by atoms with Gasteiger partial charge in [0.2, 0.25) is 6.39 Å². The fourth-order valence-electron chi connectivity index (χ4n) is 1.52. The van der Waals surface area contributed by atoms with Crippen molar-refractivity contribution < 1.29 is 19.2 Å². The van der Waals surface area contributed by atoms with Gasteiger partial charge < -0.3 is 20.3 Å². The molecule has 1 fully saturated rings. The highest BCUT2D eigenvalue weighted by atomic mass is 16.5. The predicted molar refractivity (Wildman–Crippen MR) is 58.7 cm³/mol. The first-order valence-electron chi connectivity index (χ1n) is 5.63. The van der Waals surface area contributed by atoms with Crippen LogP contribution in [0.2, 0.25) is 0 Å². The Balaban J connectivity index is 1.62. The summed E-state index contributed by atoms with van der Waals surface area (Å²) >= 11 is 0. The first-order chi connectivity index (χ1) is 8.62. The van der Waals surface area contributed by atoms with E-state index in [-0.39, 0.29) is 12.6 Å². The Morgan fingerprint density at radius 2 is 2.22 bits per heavy atom. The first kappa shape index (κ1) is 12.3. The zero-order valence-corrected chi connectivity index (χ0v) is 9.68. The number of amides is 2. The number of hydrogen-bond donors (Lipinski definition) is 3. The molecule has 0 spiro atoms. The Labute approximate surface area is 103 Å². The second-order valence-corrected chi connectivity index (χ2v) is 4.29. The van der Waals surface area contributed by atoms with Crippen LogP contribution in [-0.2, 0) is 11.2 Å². The van der Waals surface area contributed by atoms with E-state index in [0.717, 1.165) is 0 Å². The van der Waals surface area contributed by atoms with E-state index in [9.17, 15) is 9.59 Å². The molecule has 3 N–H and O–H groups in total. The normalized spacial score (nSPS) is 16.0. The van der Waals surface area contributed by atoms with E-state index in [1.807, 2.05) is 0 Å². The van der Waals surface area contributed by atoms with Crippen LogP contribution in [0.25, 0.3) is 0 Å². The molecule has 18 heavy (non-hydrogen) atoms. The number of nitrogens with one attached hydrogen (secondary N) is 2. The molecule has 2 rings (SSSR count). The second kappa shape index (κ2) is 5.03. The summed E-state index contributed by atoms with van der Waals surface area (Å²) < 4.78 is 4.54. The number of aromatic nitrogens is 2. The Hall–Kier alpha value is -2.12. The van der Waals surface area contributed by atoms with E-state index in [1.165, 1.54) is 6.39 Å². The molecule has 0 aliphatic heterocycles. The molecular formula is C10H14N4O4. The monoisotopic (exact) mass is 254 g/mol. The van der Waals surface area contributed by atoms with Crippen LogP contribution in [0.3, 0.4) is 0 Å². The van der Waals surface area contributed by atoms with Gasteiger partial charge in [-0.1, -0.05) is 5.16 Å². The summed E-state index contributed by atoms with van der Waals surface area (Å²) in [5.41, 5.74) is -0.745. The minimum absolute atomic E-state index is 0.163. The van der Waals surface area contributed by atoms with E-state index < -0.39 is 11.4 Å². The van der Waals surface area contributed by atoms with Crippen LogP contribution >= 0.6 is 0 Å². The Morgan fingerprint density at radius 3 is 2.78 bits per heavy atom. The lowest BCUT2D eigenvalue weighted by atomic mass is 10.1. The SMILES string of the molecule is O=C(NCCc1ncon1)NCC1(C(=O)O)CC1. The van der Waals surface area contributed by atoms with Crippen molar-refractivity contribution in [1.29, 1.82) is 0 Å². The standard InChI is InChI=1S/C10H14N4O4/c15-8(16)10(2-3-10)5-12-9(17)11-4-1-7-13-6-18-14-7/h6H,1-5H2,(H,15,16)(H2,11,12,17). The van der Waals surface area contributed by atoms with Gasteiger partial charge >= 0.3 is 12.0 Å². The number of urea groups is 1. The molecule has 0 atom stereocenters. The van der Waals surface area contributed by atoms with Gasteiger partial charge in [-0.2, -0.15) is 4.98 Å². The minimum Gasteiger partial charge on any atom is -0.481 e. The van der Waals surface area contributed by atoms with Gasteiger partial charge in [0.25, 0.3) is 0 Å². The lowest BCUT2D eigenvalue weighted by Gasteiger charge is -2.11. The Bertz CT molecular complexity index is 427. The number of rotatable bonds is 6. The highest BCUT2D eigenvalue weighted by Crippen LogP contribution is 2.45. The van der Waals surface area contributed by atoms with Gasteiger partial charge in [0.15, 0.2) is 5.82 Å². The molecule has 1 aliphatic rings. The molecule has 8 nitrogen and oxygen atoms in total. The van der Waals surface area contributed by atoms with Crippen molar-refractivity contribution in [3.8, 4) is 0 Å².